The Morgan fingerprint density at radius 2 is 2.33 bits per heavy atom. The van der Waals surface area contributed by atoms with Gasteiger partial charge >= 0.3 is 0 Å². The van der Waals surface area contributed by atoms with E-state index < -0.39 is 0 Å². The van der Waals surface area contributed by atoms with Crippen molar-refractivity contribution in [2.75, 3.05) is 13.7 Å². The van der Waals surface area contributed by atoms with Gasteiger partial charge in [-0.1, -0.05) is 11.3 Å². The van der Waals surface area contributed by atoms with Crippen LogP contribution < -0.4 is 0 Å². The molecule has 1 heterocycles. The van der Waals surface area contributed by atoms with Gasteiger partial charge in [0.25, 0.3) is 0 Å². The maximum Gasteiger partial charge on any atom is 0.135 e. The second-order valence-electron chi connectivity index (χ2n) is 2.39. The van der Waals surface area contributed by atoms with Gasteiger partial charge in [0.1, 0.15) is 10.0 Å². The van der Waals surface area contributed by atoms with E-state index >= 15 is 0 Å². The standard InChI is InChI=1S/C7H11ClN2OS/c1-5(8)7-10-9-6(12-7)3-4-11-2/h5H,3-4H2,1-2H3. The number of ether oxygens (including phenoxy) is 1. The lowest BCUT2D eigenvalue weighted by molar-refractivity contribution is 0.202. The molecule has 0 aliphatic carbocycles. The Labute approximate surface area is 80.7 Å². The van der Waals surface area contributed by atoms with Crippen LogP contribution in [0.4, 0.5) is 0 Å². The molecule has 1 aromatic heterocycles. The molecule has 0 N–H and O–H groups in total. The number of aromatic nitrogens is 2. The van der Waals surface area contributed by atoms with Gasteiger partial charge in [0, 0.05) is 13.5 Å². The highest BCUT2D eigenvalue weighted by Gasteiger charge is 2.08. The van der Waals surface area contributed by atoms with E-state index in [0.29, 0.717) is 6.61 Å². The highest BCUT2D eigenvalue weighted by Crippen LogP contribution is 2.22. The average molecular weight is 207 g/mol. The molecule has 0 radical (unpaired) electrons. The van der Waals surface area contributed by atoms with Gasteiger partial charge in [-0.15, -0.1) is 21.8 Å². The third kappa shape index (κ3) is 2.69. The maximum absolute atomic E-state index is 5.83. The summed E-state index contributed by atoms with van der Waals surface area (Å²) in [6.07, 6.45) is 0.817. The summed E-state index contributed by atoms with van der Waals surface area (Å²) in [5, 5.41) is 9.75. The number of nitrogens with zero attached hydrogens (tertiary/aromatic N) is 2. The van der Waals surface area contributed by atoms with E-state index in [1.165, 1.54) is 0 Å². The van der Waals surface area contributed by atoms with E-state index in [4.69, 9.17) is 16.3 Å². The van der Waals surface area contributed by atoms with Crippen LogP contribution in [0, 0.1) is 0 Å². The second-order valence-corrected chi connectivity index (χ2v) is 4.14. The van der Waals surface area contributed by atoms with E-state index in [2.05, 4.69) is 10.2 Å². The maximum atomic E-state index is 5.83. The zero-order valence-electron chi connectivity index (χ0n) is 7.08. The minimum Gasteiger partial charge on any atom is -0.384 e. The number of methoxy groups -OCH3 is 1. The van der Waals surface area contributed by atoms with Gasteiger partial charge in [-0.3, -0.25) is 0 Å². The highest BCUT2D eigenvalue weighted by molar-refractivity contribution is 7.11. The molecule has 68 valence electrons. The van der Waals surface area contributed by atoms with E-state index in [1.807, 2.05) is 6.92 Å². The molecule has 1 rings (SSSR count). The summed E-state index contributed by atoms with van der Waals surface area (Å²) >= 11 is 7.37. The molecule has 5 heteroatoms. The fourth-order valence-corrected chi connectivity index (χ4v) is 1.65. The molecule has 0 bridgehead atoms. The number of hydrogen-bond acceptors (Lipinski definition) is 4. The van der Waals surface area contributed by atoms with Crippen molar-refractivity contribution < 1.29 is 4.74 Å². The Hall–Kier alpha value is -0.190. The first-order valence-electron chi connectivity index (χ1n) is 3.69. The molecule has 0 spiro atoms. The Balaban J connectivity index is 2.52. The summed E-state index contributed by atoms with van der Waals surface area (Å²) in [6.45, 7) is 2.58. The predicted molar refractivity (Wildman–Crippen MR) is 49.8 cm³/mol. The number of rotatable bonds is 4. The van der Waals surface area contributed by atoms with Crippen LogP contribution in [0.5, 0.6) is 0 Å². The van der Waals surface area contributed by atoms with Gasteiger partial charge in [-0.25, -0.2) is 0 Å². The molecular formula is C7H11ClN2OS. The van der Waals surface area contributed by atoms with Crippen LogP contribution in [0.15, 0.2) is 0 Å². The minimum atomic E-state index is -0.0428. The third-order valence-corrected chi connectivity index (χ3v) is 2.84. The normalized spacial score (nSPS) is 13.2. The zero-order chi connectivity index (χ0) is 8.97. The summed E-state index contributed by atoms with van der Waals surface area (Å²) in [6, 6.07) is 0. The van der Waals surface area contributed by atoms with Gasteiger partial charge in [-0.2, -0.15) is 0 Å². The zero-order valence-corrected chi connectivity index (χ0v) is 8.65. The van der Waals surface area contributed by atoms with Crippen molar-refractivity contribution in [1.29, 1.82) is 0 Å². The molecule has 0 fully saturated rings. The van der Waals surface area contributed by atoms with E-state index in [0.717, 1.165) is 16.4 Å². The molecule has 0 saturated carbocycles. The third-order valence-electron chi connectivity index (χ3n) is 1.34. The van der Waals surface area contributed by atoms with Crippen LogP contribution in [-0.4, -0.2) is 23.9 Å². The van der Waals surface area contributed by atoms with E-state index in [-0.39, 0.29) is 5.38 Å². The van der Waals surface area contributed by atoms with Crippen molar-refractivity contribution in [2.24, 2.45) is 0 Å². The van der Waals surface area contributed by atoms with Crippen molar-refractivity contribution >= 4 is 22.9 Å². The molecule has 0 aliphatic rings. The van der Waals surface area contributed by atoms with Crippen LogP contribution >= 0.6 is 22.9 Å². The Kier molecular flexibility index (Phi) is 3.91. The van der Waals surface area contributed by atoms with Crippen LogP contribution in [0.25, 0.3) is 0 Å². The lowest BCUT2D eigenvalue weighted by atomic mass is 10.5. The highest BCUT2D eigenvalue weighted by atomic mass is 35.5. The van der Waals surface area contributed by atoms with Crippen molar-refractivity contribution in [2.45, 2.75) is 18.7 Å². The van der Waals surface area contributed by atoms with Crippen molar-refractivity contribution in [3.8, 4) is 0 Å². The van der Waals surface area contributed by atoms with Crippen LogP contribution in [0.3, 0.4) is 0 Å². The van der Waals surface area contributed by atoms with Crippen molar-refractivity contribution in [1.82, 2.24) is 10.2 Å². The first kappa shape index (κ1) is 9.89. The average Bonchev–Trinajstić information content (AvgIpc) is 2.48. The summed E-state index contributed by atoms with van der Waals surface area (Å²) in [5.41, 5.74) is 0. The SMILES string of the molecule is COCCc1nnc(C(C)Cl)s1. The predicted octanol–water partition coefficient (Wildman–Crippen LogP) is 2.03. The molecule has 3 nitrogen and oxygen atoms in total. The van der Waals surface area contributed by atoms with Gasteiger partial charge < -0.3 is 4.74 Å². The summed E-state index contributed by atoms with van der Waals surface area (Å²) in [4.78, 5) is 0. The Morgan fingerprint density at radius 3 is 2.83 bits per heavy atom. The largest absolute Gasteiger partial charge is 0.384 e. The molecule has 0 amide bonds. The monoisotopic (exact) mass is 206 g/mol. The molecule has 0 saturated heterocycles. The van der Waals surface area contributed by atoms with Crippen LogP contribution in [0.2, 0.25) is 0 Å². The lowest BCUT2D eigenvalue weighted by Crippen LogP contribution is -1.92. The van der Waals surface area contributed by atoms with Crippen molar-refractivity contribution in [3.05, 3.63) is 10.0 Å². The van der Waals surface area contributed by atoms with Crippen LogP contribution in [-0.2, 0) is 11.2 Å². The van der Waals surface area contributed by atoms with E-state index in [1.54, 1.807) is 18.4 Å². The number of alkyl halides is 1. The quantitative estimate of drug-likeness (QED) is 0.708. The lowest BCUT2D eigenvalue weighted by Gasteiger charge is -1.92. The molecule has 1 unspecified atom stereocenters. The smallest absolute Gasteiger partial charge is 0.135 e. The van der Waals surface area contributed by atoms with Crippen LogP contribution in [0.1, 0.15) is 22.3 Å². The van der Waals surface area contributed by atoms with Crippen molar-refractivity contribution in [3.63, 3.8) is 0 Å². The molecular weight excluding hydrogens is 196 g/mol. The molecule has 0 aliphatic heterocycles. The van der Waals surface area contributed by atoms with E-state index in [9.17, 15) is 0 Å². The second kappa shape index (κ2) is 4.74. The molecule has 0 aromatic carbocycles. The summed E-state index contributed by atoms with van der Waals surface area (Å²) < 4.78 is 4.92. The fraction of sp³-hybridized carbons (Fsp3) is 0.714. The first-order valence-corrected chi connectivity index (χ1v) is 4.94. The topological polar surface area (TPSA) is 35.0 Å². The van der Waals surface area contributed by atoms with Gasteiger partial charge in [0.15, 0.2) is 0 Å². The van der Waals surface area contributed by atoms with Gasteiger partial charge in [0.05, 0.1) is 12.0 Å². The number of hydrogen-bond donors (Lipinski definition) is 0. The molecule has 1 aromatic rings. The molecule has 1 atom stereocenters. The first-order chi connectivity index (χ1) is 5.74. The molecule has 12 heavy (non-hydrogen) atoms. The number of halogens is 1. The summed E-state index contributed by atoms with van der Waals surface area (Å²) in [5.74, 6) is 0. The summed E-state index contributed by atoms with van der Waals surface area (Å²) in [7, 11) is 1.67. The van der Waals surface area contributed by atoms with Gasteiger partial charge in [-0.05, 0) is 6.92 Å². The fourth-order valence-electron chi connectivity index (χ4n) is 0.718. The Bertz CT molecular complexity index is 239. The minimum absolute atomic E-state index is 0.0428. The Morgan fingerprint density at radius 1 is 1.58 bits per heavy atom. The van der Waals surface area contributed by atoms with Gasteiger partial charge in [0.2, 0.25) is 0 Å².